The van der Waals surface area contributed by atoms with E-state index in [9.17, 15) is 4.79 Å². The number of aromatic nitrogens is 1. The average molecular weight is 342 g/mol. The molecule has 0 saturated heterocycles. The van der Waals surface area contributed by atoms with E-state index in [0.29, 0.717) is 6.42 Å². The Morgan fingerprint density at radius 1 is 1.22 bits per heavy atom. The summed E-state index contributed by atoms with van der Waals surface area (Å²) in [5.41, 5.74) is 4.40. The van der Waals surface area contributed by atoms with Gasteiger partial charge >= 0.3 is 0 Å². The second kappa shape index (κ2) is 7.15. The number of carbonyl (C=O) groups excluding carboxylic acids is 1. The van der Waals surface area contributed by atoms with Crippen LogP contribution in [0.4, 0.5) is 5.69 Å². The summed E-state index contributed by atoms with van der Waals surface area (Å²) >= 11 is 3.42. The van der Waals surface area contributed by atoms with Crippen LogP contribution in [-0.2, 0) is 10.5 Å². The lowest BCUT2D eigenvalue weighted by Crippen LogP contribution is -2.08. The third-order valence-electron chi connectivity index (χ3n) is 3.46. The number of aryl methyl sites for hydroxylation is 1. The summed E-state index contributed by atoms with van der Waals surface area (Å²) in [6.45, 7) is 3.94. The maximum absolute atomic E-state index is 11.5. The van der Waals surface area contributed by atoms with E-state index in [1.807, 2.05) is 25.1 Å². The Morgan fingerprint density at radius 2 is 2.00 bits per heavy atom. The second-order valence-corrected chi connectivity index (χ2v) is 7.59. The Morgan fingerprint density at radius 3 is 2.74 bits per heavy atom. The van der Waals surface area contributed by atoms with Crippen molar-refractivity contribution in [2.45, 2.75) is 30.4 Å². The van der Waals surface area contributed by atoms with Crippen molar-refractivity contribution in [2.24, 2.45) is 0 Å². The molecule has 0 aliphatic rings. The molecular formula is C18H18N2OS2. The quantitative estimate of drug-likeness (QED) is 0.644. The topological polar surface area (TPSA) is 42.0 Å². The van der Waals surface area contributed by atoms with Crippen molar-refractivity contribution in [3.63, 3.8) is 0 Å². The third kappa shape index (κ3) is 4.12. The number of carbonyl (C=O) groups is 1. The maximum atomic E-state index is 11.5. The van der Waals surface area contributed by atoms with Gasteiger partial charge in [0.15, 0.2) is 4.34 Å². The van der Waals surface area contributed by atoms with Crippen LogP contribution < -0.4 is 5.32 Å². The van der Waals surface area contributed by atoms with E-state index in [1.54, 1.807) is 23.1 Å². The van der Waals surface area contributed by atoms with Crippen LogP contribution in [0, 0.1) is 6.92 Å². The molecule has 0 spiro atoms. The van der Waals surface area contributed by atoms with E-state index in [4.69, 9.17) is 0 Å². The minimum absolute atomic E-state index is 0.0304. The molecule has 3 aromatic rings. The predicted octanol–water partition coefficient (Wildman–Crippen LogP) is 5.25. The molecule has 0 radical (unpaired) electrons. The van der Waals surface area contributed by atoms with Gasteiger partial charge in [-0.2, -0.15) is 0 Å². The molecule has 0 aliphatic carbocycles. The molecule has 1 heterocycles. The number of rotatable bonds is 5. The van der Waals surface area contributed by atoms with E-state index >= 15 is 0 Å². The number of fused-ring (bicyclic) bond motifs is 1. The van der Waals surface area contributed by atoms with Crippen LogP contribution in [0.25, 0.3) is 10.2 Å². The number of nitrogens with one attached hydrogen (secondary N) is 1. The average Bonchev–Trinajstić information content (AvgIpc) is 2.96. The molecule has 0 fully saturated rings. The first kappa shape index (κ1) is 16.0. The summed E-state index contributed by atoms with van der Waals surface area (Å²) in [4.78, 5) is 16.1. The zero-order valence-electron chi connectivity index (χ0n) is 13.1. The Hall–Kier alpha value is -1.85. The molecule has 0 saturated carbocycles. The summed E-state index contributed by atoms with van der Waals surface area (Å²) in [6, 6.07) is 14.5. The molecule has 0 atom stereocenters. The molecule has 1 aromatic heterocycles. The minimum Gasteiger partial charge on any atom is -0.326 e. The summed E-state index contributed by atoms with van der Waals surface area (Å²) in [5, 5.41) is 2.89. The van der Waals surface area contributed by atoms with Gasteiger partial charge in [0, 0.05) is 17.9 Å². The Kier molecular flexibility index (Phi) is 4.98. The van der Waals surface area contributed by atoms with E-state index in [-0.39, 0.29) is 5.91 Å². The largest absolute Gasteiger partial charge is 0.326 e. The third-order valence-corrected chi connectivity index (χ3v) is 5.69. The summed E-state index contributed by atoms with van der Waals surface area (Å²) in [5.74, 6) is 0.947. The lowest BCUT2D eigenvalue weighted by Gasteiger charge is -2.02. The molecular weight excluding hydrogens is 324 g/mol. The maximum Gasteiger partial charge on any atom is 0.224 e. The van der Waals surface area contributed by atoms with Gasteiger partial charge in [0.2, 0.25) is 5.91 Å². The highest BCUT2D eigenvalue weighted by atomic mass is 32.2. The molecule has 3 rings (SSSR count). The van der Waals surface area contributed by atoms with Crippen molar-refractivity contribution in [3.05, 3.63) is 53.6 Å². The highest BCUT2D eigenvalue weighted by molar-refractivity contribution is 8.00. The van der Waals surface area contributed by atoms with Gasteiger partial charge in [0.25, 0.3) is 0 Å². The molecule has 0 aliphatic heterocycles. The zero-order chi connectivity index (χ0) is 16.2. The molecule has 0 bridgehead atoms. The SMILES string of the molecule is CCC(=O)Nc1ccc2nc(SCc3ccc(C)cc3)sc2c1. The fourth-order valence-corrected chi connectivity index (χ4v) is 4.19. The Bertz CT molecular complexity index is 825. The van der Waals surface area contributed by atoms with E-state index < -0.39 is 0 Å². The first-order chi connectivity index (χ1) is 11.1. The lowest BCUT2D eigenvalue weighted by atomic mass is 10.2. The van der Waals surface area contributed by atoms with Crippen molar-refractivity contribution in [3.8, 4) is 0 Å². The Balaban J connectivity index is 1.72. The van der Waals surface area contributed by atoms with Gasteiger partial charge in [-0.25, -0.2) is 4.98 Å². The van der Waals surface area contributed by atoms with Crippen LogP contribution in [0.3, 0.4) is 0 Å². The number of nitrogens with zero attached hydrogens (tertiary/aromatic N) is 1. The number of amides is 1. The number of thiazole rings is 1. The molecule has 23 heavy (non-hydrogen) atoms. The molecule has 5 heteroatoms. The normalized spacial score (nSPS) is 10.9. The van der Waals surface area contributed by atoms with Gasteiger partial charge in [-0.05, 0) is 30.7 Å². The monoisotopic (exact) mass is 342 g/mol. The van der Waals surface area contributed by atoms with Crippen molar-refractivity contribution in [1.82, 2.24) is 4.98 Å². The molecule has 1 N–H and O–H groups in total. The first-order valence-electron chi connectivity index (χ1n) is 7.53. The fourth-order valence-electron chi connectivity index (χ4n) is 2.12. The highest BCUT2D eigenvalue weighted by Crippen LogP contribution is 2.33. The van der Waals surface area contributed by atoms with Crippen molar-refractivity contribution in [1.29, 1.82) is 0 Å². The first-order valence-corrected chi connectivity index (χ1v) is 9.33. The van der Waals surface area contributed by atoms with Crippen LogP contribution in [0.2, 0.25) is 0 Å². The van der Waals surface area contributed by atoms with Gasteiger partial charge in [0.1, 0.15) is 0 Å². The second-order valence-electron chi connectivity index (χ2n) is 5.34. The van der Waals surface area contributed by atoms with E-state index in [0.717, 1.165) is 26.0 Å². The smallest absolute Gasteiger partial charge is 0.224 e. The number of hydrogen-bond donors (Lipinski definition) is 1. The van der Waals surface area contributed by atoms with Crippen LogP contribution in [0.15, 0.2) is 46.8 Å². The standard InChI is InChI=1S/C18H18N2OS2/c1-3-17(21)19-14-8-9-15-16(10-14)23-18(20-15)22-11-13-6-4-12(2)5-7-13/h4-10H,3,11H2,1-2H3,(H,19,21). The Labute approximate surface area is 144 Å². The number of benzene rings is 2. The van der Waals surface area contributed by atoms with Crippen LogP contribution in [0.5, 0.6) is 0 Å². The number of thioether (sulfide) groups is 1. The number of anilines is 1. The van der Waals surface area contributed by atoms with Gasteiger partial charge in [-0.15, -0.1) is 11.3 Å². The lowest BCUT2D eigenvalue weighted by molar-refractivity contribution is -0.115. The number of hydrogen-bond acceptors (Lipinski definition) is 4. The zero-order valence-corrected chi connectivity index (χ0v) is 14.8. The fraction of sp³-hybridized carbons (Fsp3) is 0.222. The molecule has 2 aromatic carbocycles. The summed E-state index contributed by atoms with van der Waals surface area (Å²) in [6.07, 6.45) is 0.485. The van der Waals surface area contributed by atoms with Gasteiger partial charge in [-0.1, -0.05) is 48.5 Å². The minimum atomic E-state index is 0.0304. The van der Waals surface area contributed by atoms with Crippen LogP contribution in [-0.4, -0.2) is 10.9 Å². The predicted molar refractivity (Wildman–Crippen MR) is 99.3 cm³/mol. The van der Waals surface area contributed by atoms with Crippen molar-refractivity contribution >= 4 is 44.9 Å². The highest BCUT2D eigenvalue weighted by Gasteiger charge is 2.07. The molecule has 118 valence electrons. The van der Waals surface area contributed by atoms with Crippen LogP contribution >= 0.6 is 23.1 Å². The molecule has 1 amide bonds. The summed E-state index contributed by atoms with van der Waals surface area (Å²) < 4.78 is 2.16. The van der Waals surface area contributed by atoms with E-state index in [2.05, 4.69) is 41.5 Å². The van der Waals surface area contributed by atoms with Gasteiger partial charge in [-0.3, -0.25) is 4.79 Å². The van der Waals surface area contributed by atoms with Gasteiger partial charge < -0.3 is 5.32 Å². The van der Waals surface area contributed by atoms with Crippen molar-refractivity contribution in [2.75, 3.05) is 5.32 Å². The summed E-state index contributed by atoms with van der Waals surface area (Å²) in [7, 11) is 0. The van der Waals surface area contributed by atoms with E-state index in [1.165, 1.54) is 11.1 Å². The van der Waals surface area contributed by atoms with Gasteiger partial charge in [0.05, 0.1) is 10.2 Å². The van der Waals surface area contributed by atoms with Crippen LogP contribution in [0.1, 0.15) is 24.5 Å². The molecule has 3 nitrogen and oxygen atoms in total. The van der Waals surface area contributed by atoms with Crippen molar-refractivity contribution < 1.29 is 4.79 Å². The molecule has 0 unspecified atom stereocenters.